The summed E-state index contributed by atoms with van der Waals surface area (Å²) in [6.45, 7) is 1.97. The highest BCUT2D eigenvalue weighted by Gasteiger charge is 2.26. The second-order valence-corrected chi connectivity index (χ2v) is 6.49. The summed E-state index contributed by atoms with van der Waals surface area (Å²) < 4.78 is 0. The summed E-state index contributed by atoms with van der Waals surface area (Å²) in [4.78, 5) is 16.9. The number of halogens is 1. The molecule has 4 rings (SSSR count). The molecule has 1 aliphatic heterocycles. The Balaban J connectivity index is 1.61. The van der Waals surface area contributed by atoms with Crippen molar-refractivity contribution in [2.45, 2.75) is 19.4 Å². The van der Waals surface area contributed by atoms with Crippen LogP contribution in [0.3, 0.4) is 0 Å². The summed E-state index contributed by atoms with van der Waals surface area (Å²) in [5, 5.41) is 7.93. The highest BCUT2D eigenvalue weighted by molar-refractivity contribution is 6.31. The van der Waals surface area contributed by atoms with Crippen LogP contribution in [0.2, 0.25) is 5.02 Å². The largest absolute Gasteiger partial charge is 0.373 e. The molecule has 2 aromatic carbocycles. The Bertz CT molecular complexity index is 954. The van der Waals surface area contributed by atoms with E-state index >= 15 is 0 Å². The van der Waals surface area contributed by atoms with Gasteiger partial charge in [0.05, 0.1) is 5.52 Å². The molecule has 3 aromatic rings. The van der Waals surface area contributed by atoms with E-state index in [1.807, 2.05) is 43.3 Å². The smallest absolute Gasteiger partial charge is 0.247 e. The summed E-state index contributed by atoms with van der Waals surface area (Å²) in [6, 6.07) is 15.3. The van der Waals surface area contributed by atoms with E-state index in [4.69, 9.17) is 11.6 Å². The van der Waals surface area contributed by atoms with Crippen LogP contribution in [0.15, 0.2) is 48.5 Å². The lowest BCUT2D eigenvalue weighted by atomic mass is 9.98. The first-order valence-electron chi connectivity index (χ1n) is 7.82. The highest BCUT2D eigenvalue weighted by Crippen LogP contribution is 2.28. The van der Waals surface area contributed by atoms with Crippen LogP contribution < -0.4 is 10.6 Å². The SMILES string of the molecule is Cc1ccc2ccc(NC3Cc4ccc(Cl)cc4NC3=O)cc2n1. The van der Waals surface area contributed by atoms with E-state index in [0.717, 1.165) is 33.5 Å². The van der Waals surface area contributed by atoms with E-state index in [-0.39, 0.29) is 11.9 Å². The Labute approximate surface area is 144 Å². The molecule has 0 saturated carbocycles. The van der Waals surface area contributed by atoms with Crippen molar-refractivity contribution in [3.8, 4) is 0 Å². The number of nitrogens with zero attached hydrogens (tertiary/aromatic N) is 1. The molecule has 1 amide bonds. The van der Waals surface area contributed by atoms with Crippen LogP contribution in [0.25, 0.3) is 10.9 Å². The lowest BCUT2D eigenvalue weighted by Crippen LogP contribution is -2.40. The minimum Gasteiger partial charge on any atom is -0.373 e. The van der Waals surface area contributed by atoms with Gasteiger partial charge in [0, 0.05) is 33.9 Å². The number of hydrogen-bond donors (Lipinski definition) is 2. The van der Waals surface area contributed by atoms with Gasteiger partial charge in [-0.25, -0.2) is 0 Å². The minimum atomic E-state index is -0.319. The highest BCUT2D eigenvalue weighted by atomic mass is 35.5. The van der Waals surface area contributed by atoms with Gasteiger partial charge in [-0.1, -0.05) is 29.8 Å². The van der Waals surface area contributed by atoms with Crippen LogP contribution in [-0.4, -0.2) is 16.9 Å². The molecular weight excluding hydrogens is 322 g/mol. The molecule has 5 heteroatoms. The van der Waals surface area contributed by atoms with Crippen molar-refractivity contribution in [2.75, 3.05) is 10.6 Å². The number of carbonyl (C=O) groups is 1. The molecule has 1 unspecified atom stereocenters. The van der Waals surface area contributed by atoms with Gasteiger partial charge in [0.15, 0.2) is 0 Å². The fourth-order valence-electron chi connectivity index (χ4n) is 3.00. The normalized spacial score (nSPS) is 16.6. The maximum Gasteiger partial charge on any atom is 0.247 e. The zero-order valence-electron chi connectivity index (χ0n) is 13.1. The van der Waals surface area contributed by atoms with Crippen LogP contribution in [-0.2, 0) is 11.2 Å². The Morgan fingerprint density at radius 1 is 1.17 bits per heavy atom. The van der Waals surface area contributed by atoms with E-state index in [1.165, 1.54) is 0 Å². The number of pyridine rings is 1. The second kappa shape index (κ2) is 5.80. The zero-order valence-corrected chi connectivity index (χ0v) is 13.9. The third-order valence-corrected chi connectivity index (χ3v) is 4.48. The molecule has 2 heterocycles. The standard InChI is InChI=1S/C19H16ClN3O/c1-11-2-3-12-5-7-15(10-17(12)21-11)22-18-8-13-4-6-14(20)9-16(13)23-19(18)24/h2-7,9-10,18,22H,8H2,1H3,(H,23,24). The van der Waals surface area contributed by atoms with Crippen LogP contribution in [0, 0.1) is 6.92 Å². The monoisotopic (exact) mass is 337 g/mol. The van der Waals surface area contributed by atoms with Crippen LogP contribution in [0.4, 0.5) is 11.4 Å². The van der Waals surface area contributed by atoms with Gasteiger partial charge in [-0.05, 0) is 42.8 Å². The van der Waals surface area contributed by atoms with E-state index < -0.39 is 0 Å². The number of benzene rings is 2. The number of nitrogens with one attached hydrogen (secondary N) is 2. The van der Waals surface area contributed by atoms with Gasteiger partial charge in [-0.2, -0.15) is 0 Å². The van der Waals surface area contributed by atoms with Crippen molar-refractivity contribution in [2.24, 2.45) is 0 Å². The van der Waals surface area contributed by atoms with Gasteiger partial charge in [-0.3, -0.25) is 9.78 Å². The Kier molecular flexibility index (Phi) is 3.62. The number of aryl methyl sites for hydroxylation is 1. The van der Waals surface area contributed by atoms with Crippen LogP contribution in [0.1, 0.15) is 11.3 Å². The maximum atomic E-state index is 12.4. The summed E-state index contributed by atoms with van der Waals surface area (Å²) in [5.41, 5.74) is 4.65. The average Bonchev–Trinajstić information content (AvgIpc) is 2.55. The molecule has 0 spiro atoms. The average molecular weight is 338 g/mol. The van der Waals surface area contributed by atoms with Crippen LogP contribution >= 0.6 is 11.6 Å². The fraction of sp³-hybridized carbons (Fsp3) is 0.158. The number of anilines is 2. The predicted octanol–water partition coefficient (Wildman–Crippen LogP) is 4.17. The molecular formula is C19H16ClN3O. The van der Waals surface area contributed by atoms with Gasteiger partial charge in [0.1, 0.15) is 6.04 Å². The summed E-state index contributed by atoms with van der Waals surface area (Å²) in [5.74, 6) is -0.0536. The molecule has 24 heavy (non-hydrogen) atoms. The van der Waals surface area contributed by atoms with E-state index in [9.17, 15) is 4.79 Å². The van der Waals surface area contributed by atoms with Gasteiger partial charge >= 0.3 is 0 Å². The molecule has 0 fully saturated rings. The third kappa shape index (κ3) is 2.81. The number of aromatic nitrogens is 1. The first-order chi connectivity index (χ1) is 11.6. The summed E-state index contributed by atoms with van der Waals surface area (Å²) in [6.07, 6.45) is 0.623. The Hall–Kier alpha value is -2.59. The number of amides is 1. The number of hydrogen-bond acceptors (Lipinski definition) is 3. The topological polar surface area (TPSA) is 54.0 Å². The van der Waals surface area contributed by atoms with Gasteiger partial charge in [-0.15, -0.1) is 0 Å². The number of carbonyl (C=O) groups excluding carboxylic acids is 1. The predicted molar refractivity (Wildman–Crippen MR) is 97.7 cm³/mol. The first kappa shape index (κ1) is 15.0. The van der Waals surface area contributed by atoms with Crippen LogP contribution in [0.5, 0.6) is 0 Å². The molecule has 0 aliphatic carbocycles. The lowest BCUT2D eigenvalue weighted by molar-refractivity contribution is -0.117. The van der Waals surface area contributed by atoms with Crippen molar-refractivity contribution in [3.63, 3.8) is 0 Å². The first-order valence-corrected chi connectivity index (χ1v) is 8.19. The molecule has 2 N–H and O–H groups in total. The van der Waals surface area contributed by atoms with E-state index in [1.54, 1.807) is 6.07 Å². The molecule has 0 saturated heterocycles. The molecule has 1 aromatic heterocycles. The lowest BCUT2D eigenvalue weighted by Gasteiger charge is -2.26. The van der Waals surface area contributed by atoms with Crippen molar-refractivity contribution < 1.29 is 4.79 Å². The Morgan fingerprint density at radius 3 is 2.88 bits per heavy atom. The van der Waals surface area contributed by atoms with Crippen molar-refractivity contribution in [3.05, 3.63) is 64.8 Å². The number of rotatable bonds is 2. The quantitative estimate of drug-likeness (QED) is 0.738. The second-order valence-electron chi connectivity index (χ2n) is 6.05. The molecule has 0 radical (unpaired) electrons. The van der Waals surface area contributed by atoms with Gasteiger partial charge in [0.25, 0.3) is 0 Å². The maximum absolute atomic E-state index is 12.4. The molecule has 1 atom stereocenters. The van der Waals surface area contributed by atoms with Crippen molar-refractivity contribution in [1.82, 2.24) is 4.98 Å². The summed E-state index contributed by atoms with van der Waals surface area (Å²) >= 11 is 5.98. The fourth-order valence-corrected chi connectivity index (χ4v) is 3.17. The van der Waals surface area contributed by atoms with Crippen molar-refractivity contribution >= 4 is 39.8 Å². The molecule has 120 valence electrons. The third-order valence-electron chi connectivity index (χ3n) is 4.24. The van der Waals surface area contributed by atoms with E-state index in [2.05, 4.69) is 21.7 Å². The molecule has 4 nitrogen and oxygen atoms in total. The Morgan fingerprint density at radius 2 is 2.00 bits per heavy atom. The minimum absolute atomic E-state index is 0.0536. The van der Waals surface area contributed by atoms with Gasteiger partial charge < -0.3 is 10.6 Å². The molecule has 1 aliphatic rings. The molecule has 0 bridgehead atoms. The van der Waals surface area contributed by atoms with E-state index in [0.29, 0.717) is 11.4 Å². The van der Waals surface area contributed by atoms with Gasteiger partial charge in [0.2, 0.25) is 5.91 Å². The zero-order chi connectivity index (χ0) is 16.7. The number of fused-ring (bicyclic) bond motifs is 2. The van der Waals surface area contributed by atoms with Crippen molar-refractivity contribution in [1.29, 1.82) is 0 Å². The summed E-state index contributed by atoms with van der Waals surface area (Å²) in [7, 11) is 0.